The summed E-state index contributed by atoms with van der Waals surface area (Å²) < 4.78 is 11.5. The van der Waals surface area contributed by atoms with Crippen molar-refractivity contribution in [3.8, 4) is 17.3 Å². The van der Waals surface area contributed by atoms with E-state index in [2.05, 4.69) is 30.5 Å². The molecule has 21 heavy (non-hydrogen) atoms. The fraction of sp³-hybridized carbons (Fsp3) is 0.235. The summed E-state index contributed by atoms with van der Waals surface area (Å²) in [6, 6.07) is 14.4. The van der Waals surface area contributed by atoms with Gasteiger partial charge in [-0.1, -0.05) is 36.4 Å². The highest BCUT2D eigenvalue weighted by Gasteiger charge is 2.22. The average Bonchev–Trinajstić information content (AvgIpc) is 2.89. The van der Waals surface area contributed by atoms with Crippen LogP contribution in [-0.2, 0) is 29.6 Å². The van der Waals surface area contributed by atoms with Crippen LogP contribution >= 0.6 is 0 Å². The lowest BCUT2D eigenvalue weighted by Gasteiger charge is -2.11. The van der Waals surface area contributed by atoms with Crippen molar-refractivity contribution in [3.05, 3.63) is 59.2 Å². The van der Waals surface area contributed by atoms with E-state index in [0.29, 0.717) is 18.8 Å². The lowest BCUT2D eigenvalue weighted by atomic mass is 9.95. The maximum absolute atomic E-state index is 11.5. The lowest BCUT2D eigenvalue weighted by molar-refractivity contribution is 0.417. The van der Waals surface area contributed by atoms with Gasteiger partial charge < -0.3 is 4.90 Å². The van der Waals surface area contributed by atoms with Crippen LogP contribution in [0.5, 0.6) is 0 Å². The third-order valence-electron chi connectivity index (χ3n) is 3.71. The molecule has 4 heteroatoms. The molecular formula is C17H16N2OS. The number of benzene rings is 2. The topological polar surface area (TPSA) is 44.1 Å². The summed E-state index contributed by atoms with van der Waals surface area (Å²) in [7, 11) is -0.867. The maximum Gasteiger partial charge on any atom is 0.179 e. The zero-order chi connectivity index (χ0) is 14.8. The first-order valence-corrected chi connectivity index (χ1v) is 8.55. The van der Waals surface area contributed by atoms with Gasteiger partial charge in [0.25, 0.3) is 0 Å². The average molecular weight is 296 g/mol. The molecule has 3 nitrogen and oxygen atoms in total. The van der Waals surface area contributed by atoms with Crippen molar-refractivity contribution in [2.45, 2.75) is 18.8 Å². The predicted molar refractivity (Wildman–Crippen MR) is 84.5 cm³/mol. The van der Waals surface area contributed by atoms with Crippen molar-refractivity contribution in [1.29, 1.82) is 5.26 Å². The molecule has 106 valence electrons. The van der Waals surface area contributed by atoms with E-state index in [1.165, 1.54) is 11.1 Å². The smallest absolute Gasteiger partial charge is 0.179 e. The van der Waals surface area contributed by atoms with E-state index in [1.54, 1.807) is 11.2 Å². The number of nitrogens with zero attached hydrogens (tertiary/aromatic N) is 2. The highest BCUT2D eigenvalue weighted by molar-refractivity contribution is 7.83. The lowest BCUT2D eigenvalue weighted by Crippen LogP contribution is -2.07. The van der Waals surface area contributed by atoms with E-state index in [-0.39, 0.29) is 0 Å². The quantitative estimate of drug-likeness (QED) is 0.818. The molecule has 2 aromatic carbocycles. The Morgan fingerprint density at radius 3 is 2.67 bits per heavy atom. The first-order chi connectivity index (χ1) is 10.2. The predicted octanol–water partition coefficient (Wildman–Crippen LogP) is 3.03. The molecule has 0 saturated heterocycles. The molecule has 0 fully saturated rings. The second kappa shape index (κ2) is 5.71. The Morgan fingerprint density at radius 1 is 1.24 bits per heavy atom. The summed E-state index contributed by atoms with van der Waals surface area (Å²) in [6.45, 7) is 1.31. The van der Waals surface area contributed by atoms with Crippen LogP contribution in [0.4, 0.5) is 0 Å². The van der Waals surface area contributed by atoms with E-state index in [1.807, 2.05) is 18.2 Å². The Labute approximate surface area is 127 Å². The Bertz CT molecular complexity index is 734. The monoisotopic (exact) mass is 296 g/mol. The van der Waals surface area contributed by atoms with Gasteiger partial charge in [-0.05, 0) is 33.9 Å². The number of fused-ring (bicyclic) bond motifs is 1. The minimum Gasteiger partial charge on any atom is -0.302 e. The molecule has 1 aliphatic heterocycles. The number of rotatable bonds is 3. The van der Waals surface area contributed by atoms with E-state index in [9.17, 15) is 4.21 Å². The second-order valence-electron chi connectivity index (χ2n) is 5.32. The van der Waals surface area contributed by atoms with E-state index >= 15 is 0 Å². The molecule has 0 aliphatic carbocycles. The third-order valence-corrected chi connectivity index (χ3v) is 4.45. The summed E-state index contributed by atoms with van der Waals surface area (Å²) in [6.07, 6.45) is 3.94. The molecule has 0 aromatic heterocycles. The second-order valence-corrected chi connectivity index (χ2v) is 6.76. The molecule has 1 atom stereocenters. The summed E-state index contributed by atoms with van der Waals surface area (Å²) in [5.74, 6) is 0.555. The van der Waals surface area contributed by atoms with Crippen molar-refractivity contribution in [1.82, 2.24) is 4.90 Å². The van der Waals surface area contributed by atoms with Gasteiger partial charge in [-0.2, -0.15) is 5.26 Å². The number of hydrogen-bond acceptors (Lipinski definition) is 3. The van der Waals surface area contributed by atoms with Crippen molar-refractivity contribution in [3.63, 3.8) is 0 Å². The summed E-state index contributed by atoms with van der Waals surface area (Å²) >= 11 is 0. The van der Waals surface area contributed by atoms with Crippen LogP contribution in [0.3, 0.4) is 0 Å². The first kappa shape index (κ1) is 13.8. The van der Waals surface area contributed by atoms with Crippen LogP contribution in [0.2, 0.25) is 0 Å². The van der Waals surface area contributed by atoms with Gasteiger partial charge in [-0.15, -0.1) is 0 Å². The first-order valence-electron chi connectivity index (χ1n) is 6.82. The zero-order valence-electron chi connectivity index (χ0n) is 11.9. The fourth-order valence-corrected chi connectivity index (χ4v) is 3.48. The maximum atomic E-state index is 11.5. The van der Waals surface area contributed by atoms with Gasteiger partial charge in [0, 0.05) is 22.8 Å². The molecule has 1 heterocycles. The summed E-state index contributed by atoms with van der Waals surface area (Å²) in [5, 5.41) is 9.14. The Hall–Kier alpha value is -2.12. The SMILES string of the molecule is CS(=O)Cc1cc2c(c(-c3ccccc3)c1)CN(C#N)C2. The molecule has 2 aromatic rings. The third kappa shape index (κ3) is 2.84. The van der Waals surface area contributed by atoms with Crippen molar-refractivity contribution >= 4 is 10.8 Å². The molecule has 1 unspecified atom stereocenters. The van der Waals surface area contributed by atoms with Gasteiger partial charge >= 0.3 is 0 Å². The van der Waals surface area contributed by atoms with Gasteiger partial charge in [0.15, 0.2) is 6.19 Å². The van der Waals surface area contributed by atoms with Crippen LogP contribution in [0.25, 0.3) is 11.1 Å². The molecule has 0 amide bonds. The molecule has 0 radical (unpaired) electrons. The van der Waals surface area contributed by atoms with Gasteiger partial charge in [0.05, 0.1) is 13.1 Å². The van der Waals surface area contributed by atoms with Crippen molar-refractivity contribution in [2.75, 3.05) is 6.26 Å². The molecular weight excluding hydrogens is 280 g/mol. The largest absolute Gasteiger partial charge is 0.302 e. The van der Waals surface area contributed by atoms with Gasteiger partial charge in [-0.25, -0.2) is 0 Å². The van der Waals surface area contributed by atoms with Crippen LogP contribution in [-0.4, -0.2) is 15.4 Å². The minimum atomic E-state index is -0.867. The fourth-order valence-electron chi connectivity index (χ4n) is 2.84. The normalized spacial score (nSPS) is 14.6. The minimum absolute atomic E-state index is 0.555. The molecule has 0 bridgehead atoms. The zero-order valence-corrected chi connectivity index (χ0v) is 12.7. The highest BCUT2D eigenvalue weighted by Crippen LogP contribution is 2.34. The van der Waals surface area contributed by atoms with Crippen molar-refractivity contribution < 1.29 is 4.21 Å². The highest BCUT2D eigenvalue weighted by atomic mass is 32.2. The van der Waals surface area contributed by atoms with Crippen molar-refractivity contribution in [2.24, 2.45) is 0 Å². The van der Waals surface area contributed by atoms with Gasteiger partial charge in [0.1, 0.15) is 0 Å². The molecule has 0 N–H and O–H groups in total. The van der Waals surface area contributed by atoms with Gasteiger partial charge in [-0.3, -0.25) is 4.21 Å². The summed E-state index contributed by atoms with van der Waals surface area (Å²) in [5.41, 5.74) is 5.78. The molecule has 0 saturated carbocycles. The van der Waals surface area contributed by atoms with Gasteiger partial charge in [0.2, 0.25) is 0 Å². The van der Waals surface area contributed by atoms with E-state index < -0.39 is 10.8 Å². The Kier molecular flexibility index (Phi) is 3.76. The number of nitriles is 1. The van der Waals surface area contributed by atoms with E-state index in [4.69, 9.17) is 5.26 Å². The number of hydrogen-bond donors (Lipinski definition) is 0. The molecule has 3 rings (SSSR count). The Balaban J connectivity index is 2.12. The van der Waals surface area contributed by atoms with Crippen LogP contribution < -0.4 is 0 Å². The molecule has 1 aliphatic rings. The Morgan fingerprint density at radius 2 is 2.00 bits per heavy atom. The molecule has 0 spiro atoms. The summed E-state index contributed by atoms with van der Waals surface area (Å²) in [4.78, 5) is 1.75. The van der Waals surface area contributed by atoms with Crippen LogP contribution in [0.15, 0.2) is 42.5 Å². The van der Waals surface area contributed by atoms with Crippen LogP contribution in [0.1, 0.15) is 16.7 Å². The van der Waals surface area contributed by atoms with Crippen LogP contribution in [0, 0.1) is 11.5 Å². The van der Waals surface area contributed by atoms with E-state index in [0.717, 1.165) is 16.7 Å². The standard InChI is InChI=1S/C17H16N2OS/c1-21(20)11-13-7-15-9-19(12-18)10-17(15)16(8-13)14-5-3-2-4-6-14/h2-8H,9-11H2,1H3.